The predicted molar refractivity (Wildman–Crippen MR) is 176 cm³/mol. The standard InChI is InChI=1S/C29H33B3F3N7O3S/c1-4-45-27-20-22-18(12-16(13-37-22)24-26(29(30,31)32)39-40-41(24)2)42(25(20)19(14-38-27)46(3,43)44)23(21-17(33)6-5-11-36-21)15-7-9-28(34,35)10-8-15/h5-6,11-15,23H,4,7-10,30-32H2,1-3H3. The molecule has 5 aromatic heterocycles. The molecule has 0 N–H and O–H groups in total. The van der Waals surface area contributed by atoms with Crippen molar-refractivity contribution in [2.75, 3.05) is 12.9 Å². The number of alkyl halides is 2. The molecule has 1 unspecified atom stereocenters. The molecule has 1 fully saturated rings. The van der Waals surface area contributed by atoms with Crippen molar-refractivity contribution in [2.45, 2.75) is 54.6 Å². The van der Waals surface area contributed by atoms with Crippen LogP contribution in [0.2, 0.25) is 0 Å². The summed E-state index contributed by atoms with van der Waals surface area (Å²) in [5.74, 6) is -3.83. The highest BCUT2D eigenvalue weighted by Gasteiger charge is 2.41. The Labute approximate surface area is 267 Å². The summed E-state index contributed by atoms with van der Waals surface area (Å²) >= 11 is 0. The summed E-state index contributed by atoms with van der Waals surface area (Å²) in [6.07, 6.45) is 4.76. The summed E-state index contributed by atoms with van der Waals surface area (Å²) in [5.41, 5.74) is 3.09. The Morgan fingerprint density at radius 1 is 1.15 bits per heavy atom. The van der Waals surface area contributed by atoms with Gasteiger partial charge in [-0.3, -0.25) is 9.97 Å². The molecule has 0 amide bonds. The number of fused-ring (bicyclic) bond motifs is 3. The van der Waals surface area contributed by atoms with Gasteiger partial charge < -0.3 is 9.30 Å². The number of sulfone groups is 1. The van der Waals surface area contributed by atoms with E-state index in [1.165, 1.54) is 24.5 Å². The average Bonchev–Trinajstić information content (AvgIpc) is 3.53. The Kier molecular flexibility index (Phi) is 7.97. The van der Waals surface area contributed by atoms with Crippen LogP contribution in [0.1, 0.15) is 50.0 Å². The van der Waals surface area contributed by atoms with Crippen molar-refractivity contribution in [3.05, 3.63) is 54.0 Å². The van der Waals surface area contributed by atoms with E-state index in [9.17, 15) is 17.2 Å². The van der Waals surface area contributed by atoms with E-state index in [0.717, 1.165) is 6.26 Å². The van der Waals surface area contributed by atoms with Gasteiger partial charge in [0, 0.05) is 44.1 Å². The second-order valence-electron chi connectivity index (χ2n) is 13.0. The van der Waals surface area contributed by atoms with Crippen LogP contribution in [-0.2, 0) is 22.0 Å². The summed E-state index contributed by atoms with van der Waals surface area (Å²) in [7, 11) is 3.89. The molecule has 0 aromatic carbocycles. The van der Waals surface area contributed by atoms with E-state index in [1.54, 1.807) is 29.4 Å². The number of halogens is 3. The van der Waals surface area contributed by atoms with Crippen molar-refractivity contribution < 1.29 is 26.3 Å². The molecule has 238 valence electrons. The zero-order chi connectivity index (χ0) is 33.2. The molecule has 0 bridgehead atoms. The molecule has 5 heterocycles. The highest BCUT2D eigenvalue weighted by Crippen LogP contribution is 2.48. The molecule has 6 rings (SSSR count). The Morgan fingerprint density at radius 3 is 2.50 bits per heavy atom. The molecule has 5 aromatic rings. The summed E-state index contributed by atoms with van der Waals surface area (Å²) in [6.45, 7) is 2.01. The van der Waals surface area contributed by atoms with Crippen LogP contribution in [-0.4, -0.2) is 85.3 Å². The second-order valence-corrected chi connectivity index (χ2v) is 15.0. The molecular weight excluding hydrogens is 616 g/mol. The van der Waals surface area contributed by atoms with Crippen molar-refractivity contribution in [1.82, 2.24) is 34.5 Å². The van der Waals surface area contributed by atoms with Crippen LogP contribution >= 0.6 is 0 Å². The predicted octanol–water partition coefficient (Wildman–Crippen LogP) is 2.14. The van der Waals surface area contributed by atoms with E-state index in [1.807, 2.05) is 29.6 Å². The van der Waals surface area contributed by atoms with E-state index >= 15 is 4.39 Å². The van der Waals surface area contributed by atoms with Gasteiger partial charge in [0.05, 0.1) is 75.9 Å². The highest BCUT2D eigenvalue weighted by atomic mass is 32.2. The summed E-state index contributed by atoms with van der Waals surface area (Å²) in [5, 5.41) is 8.62. The monoisotopic (exact) mass is 649 g/mol. The SMILES string of the molecule is BC(B)(B)c1nnn(C)c1-c1cnc2c3c(OCC)ncc(S(C)(=O)=O)c3n(C(c3ncccc3F)C3CCC(F)(F)CC3)c2c1. The number of hydrogen-bond acceptors (Lipinski definition) is 8. The van der Waals surface area contributed by atoms with Crippen molar-refractivity contribution in [1.29, 1.82) is 0 Å². The Hall–Kier alpha value is -3.88. The first-order valence-corrected chi connectivity index (χ1v) is 17.1. The van der Waals surface area contributed by atoms with Crippen molar-refractivity contribution in [3.63, 3.8) is 0 Å². The minimum absolute atomic E-state index is 0.0220. The average molecular weight is 649 g/mol. The number of nitrogens with zero attached hydrogens (tertiary/aromatic N) is 7. The van der Waals surface area contributed by atoms with Gasteiger partial charge in [-0.2, -0.15) is 0 Å². The maximum Gasteiger partial charge on any atom is 0.248 e. The van der Waals surface area contributed by atoms with Crippen LogP contribution in [0.25, 0.3) is 33.2 Å². The molecule has 46 heavy (non-hydrogen) atoms. The Balaban J connectivity index is 1.78. The first-order chi connectivity index (χ1) is 21.6. The van der Waals surface area contributed by atoms with Crippen LogP contribution in [0.15, 0.2) is 41.7 Å². The van der Waals surface area contributed by atoms with Gasteiger partial charge in [-0.15, -0.1) is 5.10 Å². The second kappa shape index (κ2) is 11.4. The van der Waals surface area contributed by atoms with Gasteiger partial charge in [0.2, 0.25) is 11.8 Å². The zero-order valence-electron chi connectivity index (χ0n) is 26.6. The quantitative estimate of drug-likeness (QED) is 0.235. The molecule has 0 spiro atoms. The van der Waals surface area contributed by atoms with Gasteiger partial charge >= 0.3 is 0 Å². The number of aromatic nitrogens is 7. The third-order valence-corrected chi connectivity index (χ3v) is 9.73. The fourth-order valence-corrected chi connectivity index (χ4v) is 7.34. The van der Waals surface area contributed by atoms with Crippen LogP contribution in [0.5, 0.6) is 5.88 Å². The minimum atomic E-state index is -3.92. The van der Waals surface area contributed by atoms with E-state index in [4.69, 9.17) is 9.72 Å². The van der Waals surface area contributed by atoms with Gasteiger partial charge in [-0.05, 0) is 43.9 Å². The maximum atomic E-state index is 15.8. The Morgan fingerprint density at radius 2 is 1.87 bits per heavy atom. The number of pyridine rings is 3. The molecule has 10 nitrogen and oxygen atoms in total. The first-order valence-electron chi connectivity index (χ1n) is 15.2. The lowest BCUT2D eigenvalue weighted by atomic mass is 9.41. The smallest absolute Gasteiger partial charge is 0.248 e. The molecule has 1 atom stereocenters. The largest absolute Gasteiger partial charge is 0.477 e. The molecule has 0 radical (unpaired) electrons. The minimum Gasteiger partial charge on any atom is -0.477 e. The number of ether oxygens (including phenoxy) is 1. The number of hydrogen-bond donors (Lipinski definition) is 0. The maximum absolute atomic E-state index is 15.8. The van der Waals surface area contributed by atoms with Crippen LogP contribution in [0.3, 0.4) is 0 Å². The van der Waals surface area contributed by atoms with E-state index in [-0.39, 0.29) is 59.4 Å². The molecule has 0 saturated heterocycles. The van der Waals surface area contributed by atoms with Crippen molar-refractivity contribution in [3.8, 4) is 17.1 Å². The number of aryl methyl sites for hydroxylation is 1. The van der Waals surface area contributed by atoms with E-state index in [2.05, 4.69) is 20.3 Å². The summed E-state index contributed by atoms with van der Waals surface area (Å²) < 4.78 is 80.8. The third kappa shape index (κ3) is 5.56. The molecule has 17 heteroatoms. The third-order valence-electron chi connectivity index (χ3n) is 8.63. The fraction of sp³-hybridized carbons (Fsp3) is 0.414. The van der Waals surface area contributed by atoms with Gasteiger partial charge in [-0.25, -0.2) is 31.3 Å². The molecule has 1 aliphatic carbocycles. The van der Waals surface area contributed by atoms with Crippen LogP contribution in [0, 0.1) is 11.7 Å². The topological polar surface area (TPSA) is 118 Å². The molecular formula is C29H33B3F3N7O3S. The molecule has 1 saturated carbocycles. The van der Waals surface area contributed by atoms with E-state index in [0.29, 0.717) is 33.4 Å². The van der Waals surface area contributed by atoms with Gasteiger partial charge in [0.25, 0.3) is 0 Å². The zero-order valence-corrected chi connectivity index (χ0v) is 27.4. The summed E-state index contributed by atoms with van der Waals surface area (Å²) in [4.78, 5) is 13.5. The van der Waals surface area contributed by atoms with Crippen LogP contribution in [0.4, 0.5) is 13.2 Å². The van der Waals surface area contributed by atoms with Crippen molar-refractivity contribution in [2.24, 2.45) is 13.0 Å². The first kappa shape index (κ1) is 32.1. The van der Waals surface area contributed by atoms with Crippen molar-refractivity contribution >= 4 is 55.3 Å². The lowest BCUT2D eigenvalue weighted by molar-refractivity contribution is -0.0495. The lowest BCUT2D eigenvalue weighted by Gasteiger charge is -2.35. The lowest BCUT2D eigenvalue weighted by Crippen LogP contribution is -2.31. The van der Waals surface area contributed by atoms with Crippen LogP contribution < -0.4 is 4.74 Å². The normalized spacial score (nSPS) is 16.7. The van der Waals surface area contributed by atoms with Gasteiger partial charge in [-0.1, -0.05) is 10.3 Å². The summed E-state index contributed by atoms with van der Waals surface area (Å²) in [6, 6.07) is 3.60. The molecule has 0 aliphatic heterocycles. The van der Waals surface area contributed by atoms with E-state index < -0.39 is 33.5 Å². The Bertz CT molecular complexity index is 2070. The number of rotatable bonds is 8. The fourth-order valence-electron chi connectivity index (χ4n) is 6.54. The highest BCUT2D eigenvalue weighted by molar-refractivity contribution is 7.91. The van der Waals surface area contributed by atoms with Gasteiger partial charge in [0.15, 0.2) is 9.84 Å². The van der Waals surface area contributed by atoms with Gasteiger partial charge in [0.1, 0.15) is 16.2 Å². The molecule has 1 aliphatic rings.